The highest BCUT2D eigenvalue weighted by Gasteiger charge is 2.38. The van der Waals surface area contributed by atoms with Gasteiger partial charge in [0.05, 0.1) is 0 Å². The molecule has 0 spiro atoms. The second-order valence-corrected chi connectivity index (χ2v) is 6.08. The van der Waals surface area contributed by atoms with Gasteiger partial charge in [-0.05, 0) is 24.7 Å². The highest BCUT2D eigenvalue weighted by Crippen LogP contribution is 2.33. The van der Waals surface area contributed by atoms with Crippen molar-refractivity contribution in [2.45, 2.75) is 46.5 Å². The molecule has 2 N–H and O–H groups in total. The Kier molecular flexibility index (Phi) is 4.51. The van der Waals surface area contributed by atoms with Gasteiger partial charge in [-0.3, -0.25) is 4.79 Å². The van der Waals surface area contributed by atoms with Crippen LogP contribution < -0.4 is 5.73 Å². The van der Waals surface area contributed by atoms with Crippen LogP contribution in [0.4, 0.5) is 0 Å². The van der Waals surface area contributed by atoms with E-state index in [1.807, 2.05) is 0 Å². The van der Waals surface area contributed by atoms with Gasteiger partial charge in [0, 0.05) is 31.6 Å². The van der Waals surface area contributed by atoms with E-state index in [2.05, 4.69) is 20.8 Å². The predicted octanol–water partition coefficient (Wildman–Crippen LogP) is 2.14. The highest BCUT2D eigenvalue weighted by atomic mass is 16.5. The van der Waals surface area contributed by atoms with Crippen LogP contribution >= 0.6 is 0 Å². The summed E-state index contributed by atoms with van der Waals surface area (Å²) in [7, 11) is 0. The molecule has 94 valence electrons. The largest absolute Gasteiger partial charge is 0.381 e. The van der Waals surface area contributed by atoms with Crippen molar-refractivity contribution < 1.29 is 9.53 Å². The lowest BCUT2D eigenvalue weighted by Crippen LogP contribution is -2.43. The molecule has 0 aromatic rings. The Balaban J connectivity index is 2.55. The summed E-state index contributed by atoms with van der Waals surface area (Å²) in [5.41, 5.74) is 5.73. The monoisotopic (exact) mass is 227 g/mol. The molecular formula is C13H25NO2. The summed E-state index contributed by atoms with van der Waals surface area (Å²) in [4.78, 5) is 12.3. The smallest absolute Gasteiger partial charge is 0.140 e. The van der Waals surface area contributed by atoms with E-state index in [0.29, 0.717) is 32.0 Å². The molecule has 0 bridgehead atoms. The molecule has 1 aliphatic rings. The standard InChI is InChI=1S/C13H25NO2/c1-12(2,3)5-4-11(15)13(10-14)6-8-16-9-7-13/h4-10,14H2,1-3H3. The van der Waals surface area contributed by atoms with Gasteiger partial charge in [0.1, 0.15) is 5.78 Å². The van der Waals surface area contributed by atoms with Crippen LogP contribution in [0, 0.1) is 10.8 Å². The van der Waals surface area contributed by atoms with Crippen molar-refractivity contribution in [2.75, 3.05) is 19.8 Å². The summed E-state index contributed by atoms with van der Waals surface area (Å²) in [6.45, 7) is 8.33. The first-order valence-electron chi connectivity index (χ1n) is 6.21. The Morgan fingerprint density at radius 1 is 1.31 bits per heavy atom. The topological polar surface area (TPSA) is 52.3 Å². The van der Waals surface area contributed by atoms with Crippen molar-refractivity contribution >= 4 is 5.78 Å². The van der Waals surface area contributed by atoms with E-state index < -0.39 is 0 Å². The summed E-state index contributed by atoms with van der Waals surface area (Å²) in [6.07, 6.45) is 3.19. The Hall–Kier alpha value is -0.410. The van der Waals surface area contributed by atoms with Crippen LogP contribution in [0.3, 0.4) is 0 Å². The summed E-state index contributed by atoms with van der Waals surface area (Å²) in [5.74, 6) is 0.341. The first-order chi connectivity index (χ1) is 7.40. The van der Waals surface area contributed by atoms with Crippen LogP contribution in [0.15, 0.2) is 0 Å². The molecule has 3 nitrogen and oxygen atoms in total. The number of Topliss-reactive ketones (excluding diaryl/α,β-unsaturated/α-hetero) is 1. The zero-order valence-corrected chi connectivity index (χ0v) is 10.8. The van der Waals surface area contributed by atoms with E-state index in [1.54, 1.807) is 0 Å². The molecule has 0 radical (unpaired) electrons. The van der Waals surface area contributed by atoms with E-state index in [9.17, 15) is 4.79 Å². The summed E-state index contributed by atoms with van der Waals surface area (Å²) >= 11 is 0. The second kappa shape index (κ2) is 5.28. The van der Waals surface area contributed by atoms with Crippen LogP contribution in [0.2, 0.25) is 0 Å². The predicted molar refractivity (Wildman–Crippen MR) is 65.2 cm³/mol. The minimum absolute atomic E-state index is 0.219. The van der Waals surface area contributed by atoms with Gasteiger partial charge in [-0.15, -0.1) is 0 Å². The molecule has 1 saturated heterocycles. The van der Waals surface area contributed by atoms with Crippen molar-refractivity contribution in [3.05, 3.63) is 0 Å². The maximum absolute atomic E-state index is 12.3. The molecule has 3 heteroatoms. The molecule has 1 aliphatic heterocycles. The normalized spacial score (nSPS) is 20.8. The third kappa shape index (κ3) is 3.56. The summed E-state index contributed by atoms with van der Waals surface area (Å²) in [6, 6.07) is 0. The summed E-state index contributed by atoms with van der Waals surface area (Å²) < 4.78 is 5.31. The molecule has 1 heterocycles. The first kappa shape index (κ1) is 13.7. The average Bonchev–Trinajstić information content (AvgIpc) is 2.25. The molecule has 0 amide bonds. The molecule has 0 aromatic carbocycles. The van der Waals surface area contributed by atoms with Crippen LogP contribution in [-0.4, -0.2) is 25.5 Å². The quantitative estimate of drug-likeness (QED) is 0.800. The van der Waals surface area contributed by atoms with Gasteiger partial charge < -0.3 is 10.5 Å². The SMILES string of the molecule is CC(C)(C)CCC(=O)C1(CN)CCOCC1. The third-order valence-corrected chi connectivity index (χ3v) is 3.53. The Morgan fingerprint density at radius 3 is 2.31 bits per heavy atom. The third-order valence-electron chi connectivity index (χ3n) is 3.53. The summed E-state index contributed by atoms with van der Waals surface area (Å²) in [5, 5.41) is 0. The fraction of sp³-hybridized carbons (Fsp3) is 0.923. The fourth-order valence-electron chi connectivity index (χ4n) is 2.11. The number of hydrogen-bond donors (Lipinski definition) is 1. The van der Waals surface area contributed by atoms with Gasteiger partial charge in [0.25, 0.3) is 0 Å². The molecular weight excluding hydrogens is 202 g/mol. The average molecular weight is 227 g/mol. The molecule has 1 rings (SSSR count). The lowest BCUT2D eigenvalue weighted by atomic mass is 9.73. The van der Waals surface area contributed by atoms with E-state index in [1.165, 1.54) is 0 Å². The number of rotatable bonds is 4. The van der Waals surface area contributed by atoms with Gasteiger partial charge in [-0.1, -0.05) is 20.8 Å². The van der Waals surface area contributed by atoms with Crippen molar-refractivity contribution in [2.24, 2.45) is 16.6 Å². The van der Waals surface area contributed by atoms with Crippen LogP contribution in [0.25, 0.3) is 0 Å². The Labute approximate surface area is 98.7 Å². The van der Waals surface area contributed by atoms with Gasteiger partial charge in [0.15, 0.2) is 0 Å². The lowest BCUT2D eigenvalue weighted by molar-refractivity contribution is -0.134. The van der Waals surface area contributed by atoms with Crippen LogP contribution in [0.1, 0.15) is 46.5 Å². The Bertz CT molecular complexity index is 237. The molecule has 16 heavy (non-hydrogen) atoms. The molecule has 0 saturated carbocycles. The van der Waals surface area contributed by atoms with Crippen molar-refractivity contribution in [3.63, 3.8) is 0 Å². The highest BCUT2D eigenvalue weighted by molar-refractivity contribution is 5.85. The van der Waals surface area contributed by atoms with Gasteiger partial charge in [-0.25, -0.2) is 0 Å². The van der Waals surface area contributed by atoms with Gasteiger partial charge >= 0.3 is 0 Å². The van der Waals surface area contributed by atoms with Crippen molar-refractivity contribution in [1.82, 2.24) is 0 Å². The first-order valence-corrected chi connectivity index (χ1v) is 6.21. The molecule has 0 aromatic heterocycles. The minimum atomic E-state index is -0.288. The second-order valence-electron chi connectivity index (χ2n) is 6.08. The minimum Gasteiger partial charge on any atom is -0.381 e. The number of ketones is 1. The molecule has 1 fully saturated rings. The van der Waals surface area contributed by atoms with E-state index in [4.69, 9.17) is 10.5 Å². The van der Waals surface area contributed by atoms with Crippen molar-refractivity contribution in [1.29, 1.82) is 0 Å². The molecule has 0 aliphatic carbocycles. The number of carbonyl (C=O) groups excluding carboxylic acids is 1. The maximum atomic E-state index is 12.3. The number of hydrogen-bond acceptors (Lipinski definition) is 3. The van der Waals surface area contributed by atoms with Gasteiger partial charge in [0.2, 0.25) is 0 Å². The fourth-order valence-corrected chi connectivity index (χ4v) is 2.11. The van der Waals surface area contributed by atoms with E-state index in [0.717, 1.165) is 19.3 Å². The lowest BCUT2D eigenvalue weighted by Gasteiger charge is -2.35. The number of nitrogens with two attached hydrogens (primary N) is 1. The van der Waals surface area contributed by atoms with Crippen LogP contribution in [-0.2, 0) is 9.53 Å². The van der Waals surface area contributed by atoms with E-state index >= 15 is 0 Å². The van der Waals surface area contributed by atoms with E-state index in [-0.39, 0.29) is 10.8 Å². The zero-order chi connectivity index (χ0) is 12.2. The number of carbonyl (C=O) groups is 1. The zero-order valence-electron chi connectivity index (χ0n) is 10.8. The van der Waals surface area contributed by atoms with Crippen molar-refractivity contribution in [3.8, 4) is 0 Å². The molecule has 0 unspecified atom stereocenters. The van der Waals surface area contributed by atoms with Crippen LogP contribution in [0.5, 0.6) is 0 Å². The Morgan fingerprint density at radius 2 is 1.88 bits per heavy atom. The maximum Gasteiger partial charge on any atom is 0.140 e. The number of ether oxygens (including phenoxy) is 1. The molecule has 0 atom stereocenters. The van der Waals surface area contributed by atoms with Gasteiger partial charge in [-0.2, -0.15) is 0 Å².